The Labute approximate surface area is 112 Å². The number of H-pyrrole nitrogens is 1. The van der Waals surface area contributed by atoms with E-state index in [1.165, 1.54) is 0 Å². The molecule has 0 aliphatic carbocycles. The molecule has 0 atom stereocenters. The number of hydrogen-bond acceptors (Lipinski definition) is 4. The van der Waals surface area contributed by atoms with Crippen molar-refractivity contribution in [2.75, 3.05) is 20.6 Å². The molecule has 5 nitrogen and oxygen atoms in total. The number of hydrogen-bond donors (Lipinski definition) is 2. The largest absolute Gasteiger partial charge is 0.417 e. The third-order valence-corrected chi connectivity index (χ3v) is 3.55. The minimum atomic E-state index is -0.406. The SMILES string of the molecule is CNCC(C)(C)N(C)Cc1ccc2[nH]c(=O)oc2c1. The molecule has 19 heavy (non-hydrogen) atoms. The Balaban J connectivity index is 2.18. The van der Waals surface area contributed by atoms with Crippen LogP contribution >= 0.6 is 0 Å². The summed E-state index contributed by atoms with van der Waals surface area (Å²) in [6.07, 6.45) is 0. The van der Waals surface area contributed by atoms with Crippen molar-refractivity contribution in [1.82, 2.24) is 15.2 Å². The molecule has 0 bridgehead atoms. The molecule has 2 N–H and O–H groups in total. The van der Waals surface area contributed by atoms with Gasteiger partial charge in [-0.1, -0.05) is 6.07 Å². The second-order valence-electron chi connectivity index (χ2n) is 5.54. The molecule has 0 amide bonds. The average Bonchev–Trinajstić information content (AvgIpc) is 2.68. The first kappa shape index (κ1) is 13.8. The van der Waals surface area contributed by atoms with Gasteiger partial charge in [-0.25, -0.2) is 4.79 Å². The predicted molar refractivity (Wildman–Crippen MR) is 76.3 cm³/mol. The fourth-order valence-electron chi connectivity index (χ4n) is 2.14. The Bertz CT molecular complexity index is 612. The zero-order chi connectivity index (χ0) is 14.0. The third kappa shape index (κ3) is 3.05. The summed E-state index contributed by atoms with van der Waals surface area (Å²) in [5.74, 6) is -0.406. The first-order valence-corrected chi connectivity index (χ1v) is 6.40. The van der Waals surface area contributed by atoms with Crippen LogP contribution in [0.15, 0.2) is 27.4 Å². The van der Waals surface area contributed by atoms with Gasteiger partial charge in [-0.15, -0.1) is 0 Å². The Morgan fingerprint density at radius 2 is 2.16 bits per heavy atom. The van der Waals surface area contributed by atoms with E-state index in [1.807, 2.05) is 25.2 Å². The lowest BCUT2D eigenvalue weighted by molar-refractivity contribution is 0.147. The van der Waals surface area contributed by atoms with Gasteiger partial charge in [0.05, 0.1) is 5.52 Å². The lowest BCUT2D eigenvalue weighted by Crippen LogP contribution is -2.47. The topological polar surface area (TPSA) is 61.3 Å². The summed E-state index contributed by atoms with van der Waals surface area (Å²) in [7, 11) is 4.05. The van der Waals surface area contributed by atoms with Crippen molar-refractivity contribution in [3.05, 3.63) is 34.3 Å². The van der Waals surface area contributed by atoms with Crippen LogP contribution in [0.4, 0.5) is 0 Å². The van der Waals surface area contributed by atoms with Gasteiger partial charge < -0.3 is 9.73 Å². The van der Waals surface area contributed by atoms with E-state index >= 15 is 0 Å². The molecule has 0 saturated heterocycles. The van der Waals surface area contributed by atoms with Crippen LogP contribution in [0.5, 0.6) is 0 Å². The van der Waals surface area contributed by atoms with Crippen LogP contribution in [-0.4, -0.2) is 36.1 Å². The number of likely N-dealkylation sites (N-methyl/N-ethyl adjacent to an activating group) is 2. The van der Waals surface area contributed by atoms with Gasteiger partial charge in [0.25, 0.3) is 0 Å². The highest BCUT2D eigenvalue weighted by Crippen LogP contribution is 2.18. The number of oxazole rings is 1. The van der Waals surface area contributed by atoms with Gasteiger partial charge in [0.2, 0.25) is 0 Å². The van der Waals surface area contributed by atoms with E-state index in [1.54, 1.807) is 0 Å². The van der Waals surface area contributed by atoms with E-state index < -0.39 is 5.76 Å². The molecule has 1 aromatic carbocycles. The van der Waals surface area contributed by atoms with Crippen molar-refractivity contribution < 1.29 is 4.42 Å². The van der Waals surface area contributed by atoms with E-state index in [9.17, 15) is 4.79 Å². The number of benzene rings is 1. The minimum absolute atomic E-state index is 0.0582. The van der Waals surface area contributed by atoms with E-state index in [0.717, 1.165) is 24.2 Å². The fourth-order valence-corrected chi connectivity index (χ4v) is 2.14. The summed E-state index contributed by atoms with van der Waals surface area (Å²) in [5, 5.41) is 3.20. The van der Waals surface area contributed by atoms with Crippen molar-refractivity contribution in [2.45, 2.75) is 25.9 Å². The van der Waals surface area contributed by atoms with Gasteiger partial charge in [-0.05, 0) is 45.6 Å². The summed E-state index contributed by atoms with van der Waals surface area (Å²) in [5.41, 5.74) is 2.54. The predicted octanol–water partition coefficient (Wildman–Crippen LogP) is 1.55. The van der Waals surface area contributed by atoms with Gasteiger partial charge in [-0.3, -0.25) is 9.88 Å². The second-order valence-corrected chi connectivity index (χ2v) is 5.54. The molecule has 2 aromatic rings. The summed E-state index contributed by atoms with van der Waals surface area (Å²) >= 11 is 0. The van der Waals surface area contributed by atoms with E-state index in [0.29, 0.717) is 5.58 Å². The van der Waals surface area contributed by atoms with Crippen LogP contribution in [0.2, 0.25) is 0 Å². The first-order valence-electron chi connectivity index (χ1n) is 6.40. The standard InChI is InChI=1S/C14H21N3O2/c1-14(2,9-15-3)17(4)8-10-5-6-11-12(7-10)19-13(18)16-11/h5-7,15H,8-9H2,1-4H3,(H,16,18). The number of aromatic nitrogens is 1. The van der Waals surface area contributed by atoms with Crippen molar-refractivity contribution in [3.63, 3.8) is 0 Å². The molecule has 0 fully saturated rings. The van der Waals surface area contributed by atoms with Gasteiger partial charge in [-0.2, -0.15) is 0 Å². The molecule has 1 aromatic heterocycles. The van der Waals surface area contributed by atoms with Crippen molar-refractivity contribution in [1.29, 1.82) is 0 Å². The fraction of sp³-hybridized carbons (Fsp3) is 0.500. The number of fused-ring (bicyclic) bond motifs is 1. The van der Waals surface area contributed by atoms with Crippen LogP contribution in [-0.2, 0) is 6.54 Å². The van der Waals surface area contributed by atoms with Gasteiger partial charge >= 0.3 is 5.76 Å². The summed E-state index contributed by atoms with van der Waals surface area (Å²) in [4.78, 5) is 16.0. The zero-order valence-corrected chi connectivity index (χ0v) is 11.9. The van der Waals surface area contributed by atoms with Gasteiger partial charge in [0.15, 0.2) is 5.58 Å². The van der Waals surface area contributed by atoms with Crippen molar-refractivity contribution >= 4 is 11.1 Å². The summed E-state index contributed by atoms with van der Waals surface area (Å²) in [6.45, 7) is 6.10. The van der Waals surface area contributed by atoms with E-state index in [4.69, 9.17) is 4.42 Å². The molecule has 0 aliphatic rings. The number of nitrogens with zero attached hydrogens (tertiary/aromatic N) is 1. The van der Waals surface area contributed by atoms with E-state index in [2.05, 4.69) is 36.1 Å². The van der Waals surface area contributed by atoms with Crippen LogP contribution in [0.25, 0.3) is 11.1 Å². The molecule has 104 valence electrons. The Morgan fingerprint density at radius 1 is 1.42 bits per heavy atom. The summed E-state index contributed by atoms with van der Waals surface area (Å²) < 4.78 is 5.08. The molecule has 0 aliphatic heterocycles. The van der Waals surface area contributed by atoms with Gasteiger partial charge in [0.1, 0.15) is 0 Å². The quantitative estimate of drug-likeness (QED) is 0.859. The molecule has 0 radical (unpaired) electrons. The first-order chi connectivity index (χ1) is 8.92. The monoisotopic (exact) mass is 263 g/mol. The molecule has 0 saturated carbocycles. The van der Waals surface area contributed by atoms with Crippen LogP contribution in [0.3, 0.4) is 0 Å². The zero-order valence-electron chi connectivity index (χ0n) is 11.9. The molecule has 0 spiro atoms. The third-order valence-electron chi connectivity index (χ3n) is 3.55. The highest BCUT2D eigenvalue weighted by molar-refractivity contribution is 5.72. The molecule has 0 unspecified atom stereocenters. The van der Waals surface area contributed by atoms with Crippen LogP contribution < -0.4 is 11.1 Å². The van der Waals surface area contributed by atoms with Crippen LogP contribution in [0, 0.1) is 0 Å². The highest BCUT2D eigenvalue weighted by atomic mass is 16.4. The molecule has 5 heteroatoms. The average molecular weight is 263 g/mol. The number of rotatable bonds is 5. The smallest absolute Gasteiger partial charge is 0.408 e. The lowest BCUT2D eigenvalue weighted by atomic mass is 10.0. The van der Waals surface area contributed by atoms with Crippen LogP contribution in [0.1, 0.15) is 19.4 Å². The number of nitrogens with one attached hydrogen (secondary N) is 2. The molecule has 1 heterocycles. The summed E-state index contributed by atoms with van der Waals surface area (Å²) in [6, 6.07) is 5.81. The minimum Gasteiger partial charge on any atom is -0.408 e. The maximum atomic E-state index is 11.1. The van der Waals surface area contributed by atoms with Gasteiger partial charge in [0, 0.05) is 18.6 Å². The number of aromatic amines is 1. The van der Waals surface area contributed by atoms with Crippen molar-refractivity contribution in [2.24, 2.45) is 0 Å². The Morgan fingerprint density at radius 3 is 2.84 bits per heavy atom. The normalized spacial score (nSPS) is 12.5. The molecular weight excluding hydrogens is 242 g/mol. The maximum Gasteiger partial charge on any atom is 0.417 e. The van der Waals surface area contributed by atoms with E-state index in [-0.39, 0.29) is 5.54 Å². The highest BCUT2D eigenvalue weighted by Gasteiger charge is 2.22. The maximum absolute atomic E-state index is 11.1. The van der Waals surface area contributed by atoms with Crippen molar-refractivity contribution in [3.8, 4) is 0 Å². The molecular formula is C14H21N3O2. The Kier molecular flexibility index (Phi) is 3.78. The molecule has 2 rings (SSSR count). The Hall–Kier alpha value is -1.59. The second kappa shape index (κ2) is 5.19. The lowest BCUT2D eigenvalue weighted by Gasteiger charge is -2.35.